The quantitative estimate of drug-likeness (QED) is 0.773. The summed E-state index contributed by atoms with van der Waals surface area (Å²) in [5.41, 5.74) is 5.91. The first-order valence-corrected chi connectivity index (χ1v) is 11.1. The molecule has 5 rings (SSSR count). The number of nitrogens with one attached hydrogen (secondary N) is 1. The van der Waals surface area contributed by atoms with E-state index in [1.165, 1.54) is 16.8 Å². The zero-order chi connectivity index (χ0) is 20.5. The number of hydrogen-bond acceptors (Lipinski definition) is 4. The van der Waals surface area contributed by atoms with Crippen molar-refractivity contribution in [1.82, 2.24) is 20.0 Å². The molecule has 0 saturated carbocycles. The maximum atomic E-state index is 13.2. The summed E-state index contributed by atoms with van der Waals surface area (Å²) in [6.45, 7) is 7.01. The maximum Gasteiger partial charge on any atom is 0.274 e. The topological polar surface area (TPSA) is 59.4 Å². The third-order valence-corrected chi connectivity index (χ3v) is 6.67. The Hall–Kier alpha value is -2.44. The van der Waals surface area contributed by atoms with E-state index < -0.39 is 0 Å². The first-order chi connectivity index (χ1) is 14.7. The molecule has 3 aliphatic rings. The summed E-state index contributed by atoms with van der Waals surface area (Å²) in [5.74, 6) is 0.0475. The van der Waals surface area contributed by atoms with Crippen molar-refractivity contribution in [1.29, 1.82) is 0 Å². The molecule has 0 bridgehead atoms. The number of morpholine rings is 1. The van der Waals surface area contributed by atoms with Gasteiger partial charge >= 0.3 is 0 Å². The van der Waals surface area contributed by atoms with Crippen LogP contribution in [0.15, 0.2) is 36.9 Å². The number of rotatable bonds is 5. The Morgan fingerprint density at radius 2 is 1.90 bits per heavy atom. The van der Waals surface area contributed by atoms with E-state index >= 15 is 0 Å². The smallest absolute Gasteiger partial charge is 0.274 e. The Bertz CT molecular complexity index is 920. The third kappa shape index (κ3) is 3.70. The zero-order valence-corrected chi connectivity index (χ0v) is 17.5. The van der Waals surface area contributed by atoms with Crippen LogP contribution in [0, 0.1) is 0 Å². The van der Waals surface area contributed by atoms with E-state index in [0.717, 1.165) is 37.7 Å². The van der Waals surface area contributed by atoms with Crippen molar-refractivity contribution in [2.75, 3.05) is 26.3 Å². The second-order valence-corrected chi connectivity index (χ2v) is 8.63. The van der Waals surface area contributed by atoms with Crippen LogP contribution < -0.4 is 5.32 Å². The van der Waals surface area contributed by atoms with Crippen LogP contribution in [0.3, 0.4) is 0 Å². The fourth-order valence-corrected chi connectivity index (χ4v) is 5.20. The molecule has 6 heteroatoms. The number of benzene rings is 1. The number of carbonyl (C=O) groups is 1. The molecule has 2 heterocycles. The van der Waals surface area contributed by atoms with Crippen molar-refractivity contribution in [2.24, 2.45) is 0 Å². The van der Waals surface area contributed by atoms with E-state index in [1.54, 1.807) is 0 Å². The van der Waals surface area contributed by atoms with Gasteiger partial charge in [0.2, 0.25) is 0 Å². The van der Waals surface area contributed by atoms with Gasteiger partial charge < -0.3 is 15.0 Å². The monoisotopic (exact) mass is 406 g/mol. The van der Waals surface area contributed by atoms with Crippen LogP contribution in [0.1, 0.15) is 39.3 Å². The van der Waals surface area contributed by atoms with Crippen LogP contribution in [0.2, 0.25) is 0 Å². The summed E-state index contributed by atoms with van der Waals surface area (Å²) in [6, 6.07) is 9.62. The lowest BCUT2D eigenvalue weighted by atomic mass is 9.90. The molecule has 1 aromatic heterocycles. The number of carbonyl (C=O) groups excluding carboxylic acids is 1. The lowest BCUT2D eigenvalue weighted by molar-refractivity contribution is 0.0297. The van der Waals surface area contributed by atoms with Gasteiger partial charge in [-0.25, -0.2) is 0 Å². The summed E-state index contributed by atoms with van der Waals surface area (Å²) in [7, 11) is 0. The Labute approximate surface area is 177 Å². The van der Waals surface area contributed by atoms with Gasteiger partial charge in [-0.1, -0.05) is 30.3 Å². The number of amides is 1. The largest absolute Gasteiger partial charge is 0.378 e. The van der Waals surface area contributed by atoms with Crippen LogP contribution in [-0.2, 0) is 37.0 Å². The highest BCUT2D eigenvalue weighted by molar-refractivity contribution is 5.94. The summed E-state index contributed by atoms with van der Waals surface area (Å²) in [6.07, 6.45) is 6.93. The van der Waals surface area contributed by atoms with Gasteiger partial charge in [0.25, 0.3) is 5.91 Å². The fraction of sp³-hybridized carbons (Fsp3) is 0.500. The molecule has 1 fully saturated rings. The Morgan fingerprint density at radius 3 is 2.60 bits per heavy atom. The van der Waals surface area contributed by atoms with Crippen LogP contribution in [0.4, 0.5) is 0 Å². The molecule has 1 saturated heterocycles. The molecule has 1 amide bonds. The van der Waals surface area contributed by atoms with Crippen molar-refractivity contribution in [3.05, 3.63) is 65.0 Å². The number of nitrogens with zero attached hydrogens (tertiary/aromatic N) is 3. The minimum absolute atomic E-state index is 0.0475. The molecule has 1 aliphatic heterocycles. The molecule has 6 nitrogen and oxygen atoms in total. The van der Waals surface area contributed by atoms with Crippen molar-refractivity contribution in [2.45, 2.75) is 50.7 Å². The van der Waals surface area contributed by atoms with Crippen molar-refractivity contribution in [3.63, 3.8) is 0 Å². The van der Waals surface area contributed by atoms with Crippen LogP contribution >= 0.6 is 0 Å². The predicted octanol–water partition coefficient (Wildman–Crippen LogP) is 2.16. The van der Waals surface area contributed by atoms with Gasteiger partial charge in [0.05, 0.1) is 19.8 Å². The predicted molar refractivity (Wildman–Crippen MR) is 116 cm³/mol. The van der Waals surface area contributed by atoms with Crippen molar-refractivity contribution in [3.8, 4) is 0 Å². The standard InChI is InChI=1S/C24H30N4O2/c1-2-9-28-22-8-7-19(25-20-14-17-5-3-4-6-18(17)15-20)16-21(22)23(26-28)24(29)27-10-12-30-13-11-27/h2-6,19-20,25H,1,7-16H2/t19-/m1/s1. The van der Waals surface area contributed by atoms with E-state index in [2.05, 4.69) is 36.2 Å². The van der Waals surface area contributed by atoms with E-state index in [0.29, 0.717) is 50.6 Å². The normalized spacial score (nSPS) is 21.3. The average molecular weight is 407 g/mol. The van der Waals surface area contributed by atoms with Gasteiger partial charge in [0.15, 0.2) is 5.69 Å². The SMILES string of the molecule is C=CCn1nc(C(=O)N2CCOCC2)c2c1CC[C@@H](NC1Cc3ccccc3C1)C2. The third-order valence-electron chi connectivity index (χ3n) is 6.67. The second-order valence-electron chi connectivity index (χ2n) is 8.63. The first-order valence-electron chi connectivity index (χ1n) is 11.1. The minimum atomic E-state index is 0.0475. The fourth-order valence-electron chi connectivity index (χ4n) is 5.20. The van der Waals surface area contributed by atoms with E-state index in [1.807, 2.05) is 15.7 Å². The number of fused-ring (bicyclic) bond motifs is 2. The van der Waals surface area contributed by atoms with Crippen LogP contribution in [0.5, 0.6) is 0 Å². The summed E-state index contributed by atoms with van der Waals surface area (Å²) in [5, 5.41) is 8.63. The highest BCUT2D eigenvalue weighted by Crippen LogP contribution is 2.28. The molecule has 2 aromatic rings. The molecule has 0 spiro atoms. The molecular formula is C24H30N4O2. The Kier molecular flexibility index (Phi) is 5.44. The molecule has 1 N–H and O–H groups in total. The van der Waals surface area contributed by atoms with Crippen molar-refractivity contribution >= 4 is 5.91 Å². The summed E-state index contributed by atoms with van der Waals surface area (Å²) >= 11 is 0. The maximum absolute atomic E-state index is 13.2. The van der Waals surface area contributed by atoms with Gasteiger partial charge in [0, 0.05) is 36.4 Å². The Balaban J connectivity index is 1.34. The highest BCUT2D eigenvalue weighted by Gasteiger charge is 2.33. The molecule has 30 heavy (non-hydrogen) atoms. The van der Waals surface area contributed by atoms with E-state index in [-0.39, 0.29) is 5.91 Å². The lowest BCUT2D eigenvalue weighted by Crippen LogP contribution is -2.43. The molecule has 158 valence electrons. The Morgan fingerprint density at radius 1 is 1.17 bits per heavy atom. The van der Waals surface area contributed by atoms with Gasteiger partial charge in [-0.3, -0.25) is 9.48 Å². The molecule has 1 aromatic carbocycles. The molecule has 0 radical (unpaired) electrons. The molecular weight excluding hydrogens is 376 g/mol. The van der Waals surface area contributed by atoms with E-state index in [9.17, 15) is 4.79 Å². The second kappa shape index (κ2) is 8.36. The van der Waals surface area contributed by atoms with Gasteiger partial charge in [0.1, 0.15) is 0 Å². The minimum Gasteiger partial charge on any atom is -0.378 e. The van der Waals surface area contributed by atoms with Gasteiger partial charge in [-0.2, -0.15) is 5.10 Å². The van der Waals surface area contributed by atoms with Crippen LogP contribution in [0.25, 0.3) is 0 Å². The summed E-state index contributed by atoms with van der Waals surface area (Å²) in [4.78, 5) is 15.1. The summed E-state index contributed by atoms with van der Waals surface area (Å²) < 4.78 is 7.40. The van der Waals surface area contributed by atoms with Gasteiger partial charge in [-0.15, -0.1) is 6.58 Å². The average Bonchev–Trinajstić information content (AvgIpc) is 3.35. The lowest BCUT2D eigenvalue weighted by Gasteiger charge is -2.29. The molecule has 0 unspecified atom stereocenters. The van der Waals surface area contributed by atoms with Gasteiger partial charge in [-0.05, 0) is 43.2 Å². The zero-order valence-electron chi connectivity index (χ0n) is 17.5. The number of hydrogen-bond donors (Lipinski definition) is 1. The highest BCUT2D eigenvalue weighted by atomic mass is 16.5. The number of aromatic nitrogens is 2. The van der Waals surface area contributed by atoms with Crippen LogP contribution in [-0.4, -0.2) is 59.0 Å². The molecule has 2 aliphatic carbocycles. The van der Waals surface area contributed by atoms with E-state index in [4.69, 9.17) is 9.84 Å². The first kappa shape index (κ1) is 19.5. The molecule has 1 atom stereocenters. The van der Waals surface area contributed by atoms with Crippen molar-refractivity contribution < 1.29 is 9.53 Å². The number of allylic oxidation sites excluding steroid dienone is 1. The number of ether oxygens (including phenoxy) is 1.